The van der Waals surface area contributed by atoms with E-state index in [-0.39, 0.29) is 5.91 Å². The van der Waals surface area contributed by atoms with Crippen LogP contribution in [0.5, 0.6) is 0 Å². The molecule has 2 heterocycles. The van der Waals surface area contributed by atoms with E-state index in [9.17, 15) is 4.79 Å². The van der Waals surface area contributed by atoms with Crippen LogP contribution in [0.2, 0.25) is 0 Å². The summed E-state index contributed by atoms with van der Waals surface area (Å²) >= 11 is 0. The highest BCUT2D eigenvalue weighted by molar-refractivity contribution is 5.78. The van der Waals surface area contributed by atoms with Crippen molar-refractivity contribution in [2.24, 2.45) is 5.92 Å². The summed E-state index contributed by atoms with van der Waals surface area (Å²) < 4.78 is 0. The fourth-order valence-corrected chi connectivity index (χ4v) is 3.46. The number of piperidine rings is 2. The van der Waals surface area contributed by atoms with Gasteiger partial charge in [0.15, 0.2) is 0 Å². The lowest BCUT2D eigenvalue weighted by Gasteiger charge is -2.39. The van der Waals surface area contributed by atoms with Gasteiger partial charge in [-0.2, -0.15) is 0 Å². The lowest BCUT2D eigenvalue weighted by molar-refractivity contribution is -0.132. The number of nitrogens with one attached hydrogen (secondary N) is 1. The van der Waals surface area contributed by atoms with Crippen LogP contribution in [0.15, 0.2) is 0 Å². The zero-order valence-corrected chi connectivity index (χ0v) is 12.5. The molecule has 19 heavy (non-hydrogen) atoms. The van der Waals surface area contributed by atoms with Gasteiger partial charge >= 0.3 is 0 Å². The Morgan fingerprint density at radius 1 is 1.21 bits per heavy atom. The molecule has 0 bridgehead atoms. The summed E-state index contributed by atoms with van der Waals surface area (Å²) in [6.07, 6.45) is 6.53. The Morgan fingerprint density at radius 2 is 2.05 bits per heavy atom. The van der Waals surface area contributed by atoms with Gasteiger partial charge in [0.1, 0.15) is 0 Å². The molecule has 2 fully saturated rings. The van der Waals surface area contributed by atoms with E-state index < -0.39 is 0 Å². The Hall–Kier alpha value is -0.610. The fourth-order valence-electron chi connectivity index (χ4n) is 3.46. The third-order valence-corrected chi connectivity index (χ3v) is 4.63. The normalized spacial score (nSPS) is 29.5. The number of carbonyl (C=O) groups excluding carboxylic acids is 1. The predicted molar refractivity (Wildman–Crippen MR) is 78.1 cm³/mol. The number of likely N-dealkylation sites (N-methyl/N-ethyl adjacent to an activating group) is 1. The van der Waals surface area contributed by atoms with Gasteiger partial charge in [0.2, 0.25) is 5.91 Å². The van der Waals surface area contributed by atoms with Crippen LogP contribution in [-0.2, 0) is 4.79 Å². The first-order valence-corrected chi connectivity index (χ1v) is 7.87. The second-order valence-electron chi connectivity index (χ2n) is 6.22. The van der Waals surface area contributed by atoms with Crippen LogP contribution in [0.3, 0.4) is 0 Å². The highest BCUT2D eigenvalue weighted by Gasteiger charge is 2.27. The third kappa shape index (κ3) is 4.18. The van der Waals surface area contributed by atoms with Crippen LogP contribution >= 0.6 is 0 Å². The zero-order chi connectivity index (χ0) is 13.7. The van der Waals surface area contributed by atoms with Crippen LogP contribution < -0.4 is 5.32 Å². The molecule has 4 nitrogen and oxygen atoms in total. The maximum absolute atomic E-state index is 12.0. The average molecular weight is 267 g/mol. The van der Waals surface area contributed by atoms with E-state index in [0.29, 0.717) is 12.5 Å². The maximum Gasteiger partial charge on any atom is 0.236 e. The molecule has 0 aromatic heterocycles. The standard InChI is InChI=1S/C15H29N3O/c1-13-6-3-4-8-17(13)11-14-7-5-9-18(12-14)15(19)10-16-2/h13-14,16H,3-12H2,1-2H3. The van der Waals surface area contributed by atoms with Gasteiger partial charge in [-0.25, -0.2) is 0 Å². The monoisotopic (exact) mass is 267 g/mol. The minimum atomic E-state index is 0.263. The molecule has 110 valence electrons. The summed E-state index contributed by atoms with van der Waals surface area (Å²) in [5.74, 6) is 0.939. The fraction of sp³-hybridized carbons (Fsp3) is 0.933. The van der Waals surface area contributed by atoms with E-state index in [4.69, 9.17) is 0 Å². The van der Waals surface area contributed by atoms with Gasteiger partial charge in [-0.3, -0.25) is 4.79 Å². The molecule has 0 spiro atoms. The van der Waals surface area contributed by atoms with E-state index in [1.807, 2.05) is 7.05 Å². The van der Waals surface area contributed by atoms with Crippen LogP contribution in [-0.4, -0.2) is 61.5 Å². The molecule has 2 rings (SSSR count). The average Bonchev–Trinajstić information content (AvgIpc) is 2.42. The maximum atomic E-state index is 12.0. The van der Waals surface area contributed by atoms with Crippen molar-refractivity contribution in [1.82, 2.24) is 15.1 Å². The Balaban J connectivity index is 1.81. The van der Waals surface area contributed by atoms with Gasteiger partial charge < -0.3 is 15.1 Å². The smallest absolute Gasteiger partial charge is 0.236 e. The van der Waals surface area contributed by atoms with E-state index in [0.717, 1.165) is 19.1 Å². The summed E-state index contributed by atoms with van der Waals surface area (Å²) in [4.78, 5) is 16.6. The van der Waals surface area contributed by atoms with Gasteiger partial charge in [-0.05, 0) is 52.1 Å². The van der Waals surface area contributed by atoms with Crippen LogP contribution in [0.25, 0.3) is 0 Å². The molecule has 2 atom stereocenters. The molecule has 1 amide bonds. The van der Waals surface area contributed by atoms with Crippen molar-refractivity contribution in [3.63, 3.8) is 0 Å². The van der Waals surface area contributed by atoms with E-state index >= 15 is 0 Å². The summed E-state index contributed by atoms with van der Waals surface area (Å²) in [5, 5.41) is 2.97. The van der Waals surface area contributed by atoms with Gasteiger partial charge in [-0.1, -0.05) is 6.42 Å². The first-order chi connectivity index (χ1) is 9.20. The van der Waals surface area contributed by atoms with Gasteiger partial charge in [0.05, 0.1) is 6.54 Å². The summed E-state index contributed by atoms with van der Waals surface area (Å²) in [5.41, 5.74) is 0. The molecule has 2 aliphatic rings. The number of amides is 1. The minimum Gasteiger partial charge on any atom is -0.341 e. The van der Waals surface area contributed by atoms with Crippen LogP contribution in [0.4, 0.5) is 0 Å². The van der Waals surface area contributed by atoms with Crippen molar-refractivity contribution < 1.29 is 4.79 Å². The number of nitrogens with zero attached hydrogens (tertiary/aromatic N) is 2. The lowest BCUT2D eigenvalue weighted by atomic mass is 9.94. The molecule has 1 N–H and O–H groups in total. The van der Waals surface area contributed by atoms with Crippen molar-refractivity contribution in [3.05, 3.63) is 0 Å². The van der Waals surface area contributed by atoms with Crippen LogP contribution in [0.1, 0.15) is 39.0 Å². The van der Waals surface area contributed by atoms with Gasteiger partial charge in [0.25, 0.3) is 0 Å². The second-order valence-corrected chi connectivity index (χ2v) is 6.22. The molecule has 2 unspecified atom stereocenters. The highest BCUT2D eigenvalue weighted by atomic mass is 16.2. The van der Waals surface area contributed by atoms with Crippen molar-refractivity contribution in [2.45, 2.75) is 45.1 Å². The molecule has 0 aliphatic carbocycles. The number of hydrogen-bond donors (Lipinski definition) is 1. The molecule has 0 aromatic rings. The number of hydrogen-bond acceptors (Lipinski definition) is 3. The second kappa shape index (κ2) is 7.25. The van der Waals surface area contributed by atoms with Crippen molar-refractivity contribution in [2.75, 3.05) is 39.8 Å². The topological polar surface area (TPSA) is 35.6 Å². The van der Waals surface area contributed by atoms with Gasteiger partial charge in [0, 0.05) is 25.7 Å². The molecular weight excluding hydrogens is 238 g/mol. The Kier molecular flexibility index (Phi) is 5.64. The van der Waals surface area contributed by atoms with Crippen molar-refractivity contribution in [3.8, 4) is 0 Å². The SMILES string of the molecule is CNCC(=O)N1CCCC(CN2CCCCC2C)C1. The number of rotatable bonds is 4. The van der Waals surface area contributed by atoms with Gasteiger partial charge in [-0.15, -0.1) is 0 Å². The van der Waals surface area contributed by atoms with E-state index in [2.05, 4.69) is 22.0 Å². The largest absolute Gasteiger partial charge is 0.341 e. The van der Waals surface area contributed by atoms with E-state index in [1.165, 1.54) is 45.2 Å². The molecule has 2 aliphatic heterocycles. The molecule has 4 heteroatoms. The summed E-state index contributed by atoms with van der Waals surface area (Å²) in [7, 11) is 1.84. The molecule has 0 aromatic carbocycles. The molecule has 0 radical (unpaired) electrons. The minimum absolute atomic E-state index is 0.263. The van der Waals surface area contributed by atoms with Crippen molar-refractivity contribution >= 4 is 5.91 Å². The first-order valence-electron chi connectivity index (χ1n) is 7.87. The summed E-state index contributed by atoms with van der Waals surface area (Å²) in [6, 6.07) is 0.733. The first kappa shape index (κ1) is 14.8. The molecule has 2 saturated heterocycles. The Labute approximate surface area is 117 Å². The predicted octanol–water partition coefficient (Wildman–Crippen LogP) is 1.32. The number of likely N-dealkylation sites (tertiary alicyclic amines) is 2. The zero-order valence-electron chi connectivity index (χ0n) is 12.5. The van der Waals surface area contributed by atoms with Crippen molar-refractivity contribution in [1.29, 1.82) is 0 Å². The third-order valence-electron chi connectivity index (χ3n) is 4.63. The Morgan fingerprint density at radius 3 is 2.79 bits per heavy atom. The molecule has 0 saturated carbocycles. The van der Waals surface area contributed by atoms with Crippen LogP contribution in [0, 0.1) is 5.92 Å². The molecular formula is C15H29N3O. The number of carbonyl (C=O) groups is 1. The quantitative estimate of drug-likeness (QED) is 0.834. The summed E-state index contributed by atoms with van der Waals surface area (Å²) in [6.45, 7) is 7.18. The van der Waals surface area contributed by atoms with E-state index in [1.54, 1.807) is 0 Å². The highest BCUT2D eigenvalue weighted by Crippen LogP contribution is 2.22. The lowest BCUT2D eigenvalue weighted by Crippen LogP contribution is -2.48. The Bertz CT molecular complexity index is 295.